The lowest BCUT2D eigenvalue weighted by Crippen LogP contribution is -2.33. The largest absolute Gasteiger partial charge is 0.492 e. The molecule has 1 amide bonds. The molecule has 12 heteroatoms. The summed E-state index contributed by atoms with van der Waals surface area (Å²) in [5.74, 6) is -1.97. The lowest BCUT2D eigenvalue weighted by molar-refractivity contribution is -0.220. The number of hydroxylamine groups is 1. The molecular formula is C13H40F3N3O3Si3. The molecule has 0 aromatic rings. The van der Waals surface area contributed by atoms with Crippen molar-refractivity contribution in [2.75, 3.05) is 21.1 Å². The van der Waals surface area contributed by atoms with Gasteiger partial charge in [-0.15, -0.1) is 0 Å². The summed E-state index contributed by atoms with van der Waals surface area (Å²) < 4.78 is 37.1. The highest BCUT2D eigenvalue weighted by Gasteiger charge is 2.41. The van der Waals surface area contributed by atoms with E-state index in [-0.39, 0.29) is 47.5 Å². The predicted octanol–water partition coefficient (Wildman–Crippen LogP) is 0.913. The van der Waals surface area contributed by atoms with Gasteiger partial charge in [0.15, 0.2) is 0 Å². The average Bonchev–Trinajstić information content (AvgIpc) is 2.45. The number of amides is 1. The first-order valence-electron chi connectivity index (χ1n) is 6.84. The third-order valence-electron chi connectivity index (χ3n) is 2.28. The number of carbonyl (C=O) groups is 2. The summed E-state index contributed by atoms with van der Waals surface area (Å²) in [6, 6.07) is 0. The summed E-state index contributed by atoms with van der Waals surface area (Å²) in [5, 5.41) is 0. The van der Waals surface area contributed by atoms with Crippen molar-refractivity contribution in [3.05, 3.63) is 0 Å². The molecule has 6 nitrogen and oxygen atoms in total. The van der Waals surface area contributed by atoms with Crippen LogP contribution in [0.5, 0.6) is 0 Å². The molecule has 0 aliphatic carbocycles. The Morgan fingerprint density at radius 3 is 1.48 bits per heavy atom. The van der Waals surface area contributed by atoms with E-state index in [9.17, 15) is 22.8 Å². The minimum Gasteiger partial charge on any atom is -0.378 e. The second kappa shape index (κ2) is 23.3. The van der Waals surface area contributed by atoms with E-state index in [1.165, 1.54) is 7.05 Å². The fourth-order valence-corrected chi connectivity index (χ4v) is 1.17. The van der Waals surface area contributed by atoms with Crippen molar-refractivity contribution < 1.29 is 27.6 Å². The van der Waals surface area contributed by atoms with E-state index in [2.05, 4.69) is 22.9 Å². The van der Waals surface area contributed by atoms with Gasteiger partial charge in [-0.25, -0.2) is 4.79 Å². The van der Waals surface area contributed by atoms with Crippen LogP contribution in [0.15, 0.2) is 0 Å². The Hall–Kier alpha value is -0.699. The highest BCUT2D eigenvalue weighted by atomic mass is 28.2. The van der Waals surface area contributed by atoms with E-state index in [0.29, 0.717) is 0 Å². The topological polar surface area (TPSA) is 61.9 Å². The molecule has 0 fully saturated rings. The monoisotopic (exact) mass is 427 g/mol. The molecule has 0 saturated carbocycles. The highest BCUT2D eigenvalue weighted by Crippen LogP contribution is 2.16. The zero-order valence-electron chi connectivity index (χ0n) is 14.4. The number of nitrogens with one attached hydrogen (secondary N) is 1. The summed E-state index contributed by atoms with van der Waals surface area (Å²) in [7, 11) is 4.21. The molecule has 0 aromatic carbocycles. The lowest BCUT2D eigenvalue weighted by atomic mass is 10.7. The smallest absolute Gasteiger partial charge is 0.378 e. The second-order valence-corrected chi connectivity index (χ2v) is 8.58. The maximum atomic E-state index is 11.5. The van der Waals surface area contributed by atoms with Crippen LogP contribution in [0.4, 0.5) is 13.2 Å². The summed E-state index contributed by atoms with van der Waals surface area (Å²) in [4.78, 5) is 27.4. The summed E-state index contributed by atoms with van der Waals surface area (Å²) in [6.07, 6.45) is -4.89. The van der Waals surface area contributed by atoms with Crippen molar-refractivity contribution in [1.82, 2.24) is 14.3 Å². The lowest BCUT2D eigenvalue weighted by Gasteiger charge is -2.14. The van der Waals surface area contributed by atoms with E-state index < -0.39 is 21.8 Å². The van der Waals surface area contributed by atoms with Gasteiger partial charge in [-0.2, -0.15) is 17.9 Å². The Bertz CT molecular complexity index is 311. The van der Waals surface area contributed by atoms with Gasteiger partial charge >= 0.3 is 12.1 Å². The van der Waals surface area contributed by atoms with Gasteiger partial charge in [0.25, 0.3) is 0 Å². The van der Waals surface area contributed by atoms with Crippen molar-refractivity contribution in [3.8, 4) is 0 Å². The Balaban J connectivity index is -0.0000000565. The van der Waals surface area contributed by atoms with Crippen LogP contribution in [0.1, 0.15) is 29.2 Å². The van der Waals surface area contributed by atoms with Crippen LogP contribution in [-0.4, -0.2) is 77.5 Å². The van der Waals surface area contributed by atoms with Crippen molar-refractivity contribution in [2.24, 2.45) is 0 Å². The van der Waals surface area contributed by atoms with E-state index in [4.69, 9.17) is 0 Å². The van der Waals surface area contributed by atoms with E-state index >= 15 is 0 Å². The molecule has 158 valence electrons. The van der Waals surface area contributed by atoms with E-state index in [1.807, 2.05) is 14.1 Å². The first-order valence-corrected chi connectivity index (χ1v) is 13.1. The van der Waals surface area contributed by atoms with Crippen molar-refractivity contribution >= 4 is 40.9 Å². The van der Waals surface area contributed by atoms with Gasteiger partial charge in [-0.3, -0.25) is 4.79 Å². The summed E-state index contributed by atoms with van der Waals surface area (Å²) in [5.41, 5.74) is 0. The molecule has 0 aliphatic heterocycles. The number of carbonyl (C=O) groups excluding carboxylic acids is 2. The molecule has 0 heterocycles. The second-order valence-electron chi connectivity index (χ2n) is 4.06. The highest BCUT2D eigenvalue weighted by molar-refractivity contribution is 6.34. The molecule has 0 spiro atoms. The Morgan fingerprint density at radius 1 is 1.00 bits per heavy atom. The SMILES string of the molecule is C.C.C.CN[SiH2]C.C[SiH2]N(C)C(C)=O.C[SiH2]N(C)OC(=O)C(F)(F)F. The molecule has 0 bridgehead atoms. The predicted molar refractivity (Wildman–Crippen MR) is 111 cm³/mol. The van der Waals surface area contributed by atoms with Crippen LogP contribution in [-0.2, 0) is 14.4 Å². The number of rotatable bonds is 4. The molecule has 25 heavy (non-hydrogen) atoms. The number of halogens is 3. The van der Waals surface area contributed by atoms with Crippen molar-refractivity contribution in [1.29, 1.82) is 0 Å². The molecule has 0 radical (unpaired) electrons. The molecule has 0 rings (SSSR count). The maximum Gasteiger partial charge on any atom is 0.492 e. The van der Waals surface area contributed by atoms with Gasteiger partial charge in [-0.1, -0.05) is 41.9 Å². The third-order valence-corrected chi connectivity index (χ3v) is 5.40. The molecular weight excluding hydrogens is 387 g/mol. The fourth-order valence-electron chi connectivity index (χ4n) is 0.481. The Kier molecular flexibility index (Phi) is 36.7. The van der Waals surface area contributed by atoms with E-state index in [0.717, 1.165) is 4.73 Å². The van der Waals surface area contributed by atoms with Crippen LogP contribution in [0.25, 0.3) is 0 Å². The fraction of sp³-hybridized carbons (Fsp3) is 0.846. The molecule has 0 aromatic heterocycles. The standard InChI is InChI=1S/C4H8F3NO2Si.C4H11NOSi.C2H9NSi.3CH4/c1-8(11-2)10-3(9)4(5,6)7;1-4(6)5(2)7-3;1-3-4-2;;;/h11H2,1-2H3;7H2,1-3H3;3H,4H2,1-2H3;3*1H4. The number of hydrogen-bond acceptors (Lipinski definition) is 5. The van der Waals surface area contributed by atoms with Crippen LogP contribution >= 0.6 is 0 Å². The molecule has 0 atom stereocenters. The maximum absolute atomic E-state index is 11.5. The van der Waals surface area contributed by atoms with Gasteiger partial charge in [-0.05, 0) is 14.1 Å². The zero-order valence-corrected chi connectivity index (χ0v) is 18.6. The Morgan fingerprint density at radius 2 is 1.36 bits per heavy atom. The summed E-state index contributed by atoms with van der Waals surface area (Å²) in [6.45, 7) is 7.58. The number of alkyl halides is 3. The van der Waals surface area contributed by atoms with Crippen LogP contribution in [0, 0.1) is 0 Å². The van der Waals surface area contributed by atoms with Gasteiger partial charge in [0.05, 0.1) is 9.68 Å². The first-order chi connectivity index (χ1) is 9.97. The molecule has 0 aliphatic rings. The van der Waals surface area contributed by atoms with Crippen molar-refractivity contribution in [2.45, 2.75) is 55.0 Å². The third kappa shape index (κ3) is 31.6. The summed E-state index contributed by atoms with van der Waals surface area (Å²) >= 11 is 0. The molecule has 0 saturated heterocycles. The zero-order chi connectivity index (χ0) is 18.3. The molecule has 0 unspecified atom stereocenters. The number of nitrogens with zero attached hydrogens (tertiary/aromatic N) is 2. The van der Waals surface area contributed by atoms with Crippen LogP contribution < -0.4 is 4.98 Å². The normalized spacial score (nSPS) is 10.2. The Labute approximate surface area is 159 Å². The quantitative estimate of drug-likeness (QED) is 0.534. The number of hydrogen-bond donors (Lipinski definition) is 1. The van der Waals surface area contributed by atoms with Crippen LogP contribution in [0.3, 0.4) is 0 Å². The minimum atomic E-state index is -4.89. The van der Waals surface area contributed by atoms with Gasteiger partial charge in [0.2, 0.25) is 5.91 Å². The van der Waals surface area contributed by atoms with Gasteiger partial charge in [0.1, 0.15) is 19.4 Å². The van der Waals surface area contributed by atoms with Crippen molar-refractivity contribution in [3.63, 3.8) is 0 Å². The van der Waals surface area contributed by atoms with Gasteiger partial charge < -0.3 is 14.4 Å². The van der Waals surface area contributed by atoms with Crippen LogP contribution in [0.2, 0.25) is 19.6 Å². The van der Waals surface area contributed by atoms with Gasteiger partial charge in [0, 0.05) is 14.0 Å². The first kappa shape index (κ1) is 39.4. The average molecular weight is 428 g/mol. The molecule has 1 N–H and O–H groups in total. The minimum absolute atomic E-state index is 0. The van der Waals surface area contributed by atoms with E-state index in [1.54, 1.807) is 18.0 Å².